The molecule has 0 heterocycles. The van der Waals surface area contributed by atoms with E-state index in [1.54, 1.807) is 12.1 Å². The van der Waals surface area contributed by atoms with Crippen LogP contribution in [0.1, 0.15) is 5.56 Å². The van der Waals surface area contributed by atoms with E-state index in [2.05, 4.69) is 4.74 Å². The van der Waals surface area contributed by atoms with E-state index in [-0.39, 0.29) is 17.5 Å². The number of rotatable bonds is 3. The number of hydrogen-bond acceptors (Lipinski definition) is 5. The van der Waals surface area contributed by atoms with Gasteiger partial charge in [-0.1, -0.05) is 29.3 Å². The topological polar surface area (TPSA) is 107 Å². The SMILES string of the molecule is Cc1ccc(S(=O)(=O)O)cc1.NCC(=O)OCCl. The molecule has 0 aliphatic carbocycles. The summed E-state index contributed by atoms with van der Waals surface area (Å²) in [7, 11) is -4.02. The third kappa shape index (κ3) is 7.23. The molecule has 0 saturated heterocycles. The lowest BCUT2D eigenvalue weighted by Gasteiger charge is -1.95. The number of carbonyl (C=O) groups excluding carboxylic acids is 1. The molecular weight excluding hydrogens is 282 g/mol. The van der Waals surface area contributed by atoms with Crippen molar-refractivity contribution in [3.8, 4) is 0 Å². The molecule has 1 aromatic rings. The van der Waals surface area contributed by atoms with Crippen molar-refractivity contribution >= 4 is 27.7 Å². The highest BCUT2D eigenvalue weighted by Gasteiger charge is 2.06. The van der Waals surface area contributed by atoms with Gasteiger partial charge in [-0.3, -0.25) is 9.35 Å². The van der Waals surface area contributed by atoms with Crippen LogP contribution in [0.25, 0.3) is 0 Å². The molecular formula is C10H14ClNO5S. The summed E-state index contributed by atoms with van der Waals surface area (Å²) >= 11 is 4.98. The zero-order valence-corrected chi connectivity index (χ0v) is 11.2. The number of esters is 1. The summed E-state index contributed by atoms with van der Waals surface area (Å²) in [6.07, 6.45) is 0. The minimum atomic E-state index is -4.02. The Morgan fingerprint density at radius 3 is 2.17 bits per heavy atom. The maximum Gasteiger partial charge on any atom is 0.320 e. The fourth-order valence-corrected chi connectivity index (χ4v) is 1.43. The molecule has 0 spiro atoms. The lowest BCUT2D eigenvalue weighted by atomic mass is 10.2. The summed E-state index contributed by atoms with van der Waals surface area (Å²) < 4.78 is 33.7. The zero-order valence-electron chi connectivity index (χ0n) is 9.67. The first-order valence-electron chi connectivity index (χ1n) is 4.77. The van der Waals surface area contributed by atoms with Crippen molar-refractivity contribution in [2.24, 2.45) is 5.73 Å². The Labute approximate surface area is 110 Å². The van der Waals surface area contributed by atoms with Crippen LogP contribution in [-0.2, 0) is 19.6 Å². The fraction of sp³-hybridized carbons (Fsp3) is 0.300. The Hall–Kier alpha value is -1.15. The predicted molar refractivity (Wildman–Crippen MR) is 66.9 cm³/mol. The van der Waals surface area contributed by atoms with E-state index in [1.165, 1.54) is 12.1 Å². The Morgan fingerprint density at radius 2 is 1.89 bits per heavy atom. The Morgan fingerprint density at radius 1 is 1.39 bits per heavy atom. The second-order valence-corrected chi connectivity index (χ2v) is 4.76. The molecule has 102 valence electrons. The van der Waals surface area contributed by atoms with Crippen LogP contribution in [0.5, 0.6) is 0 Å². The van der Waals surface area contributed by atoms with Gasteiger partial charge >= 0.3 is 5.97 Å². The van der Waals surface area contributed by atoms with Gasteiger partial charge in [0.2, 0.25) is 0 Å². The average molecular weight is 296 g/mol. The molecule has 0 amide bonds. The molecule has 0 radical (unpaired) electrons. The first-order chi connectivity index (χ1) is 8.31. The number of benzene rings is 1. The smallest absolute Gasteiger partial charge is 0.320 e. The molecule has 0 bridgehead atoms. The molecule has 0 aliphatic heterocycles. The molecule has 3 N–H and O–H groups in total. The first kappa shape index (κ1) is 16.9. The van der Waals surface area contributed by atoms with Crippen LogP contribution >= 0.6 is 11.6 Å². The second kappa shape index (κ2) is 8.04. The van der Waals surface area contributed by atoms with Crippen molar-refractivity contribution in [3.05, 3.63) is 29.8 Å². The minimum Gasteiger partial charge on any atom is -0.448 e. The van der Waals surface area contributed by atoms with E-state index >= 15 is 0 Å². The highest BCUT2D eigenvalue weighted by molar-refractivity contribution is 7.85. The van der Waals surface area contributed by atoms with Gasteiger partial charge in [0, 0.05) is 0 Å². The van der Waals surface area contributed by atoms with Gasteiger partial charge in [0.15, 0.2) is 6.07 Å². The standard InChI is InChI=1S/C7H8O3S.C3H6ClNO2/c1-6-2-4-7(5-3-6)11(8,9)10;4-2-7-3(6)1-5/h2-5H,1H3,(H,8,9,10);1-2,5H2. The highest BCUT2D eigenvalue weighted by Crippen LogP contribution is 2.08. The van der Waals surface area contributed by atoms with Crippen molar-refractivity contribution in [1.82, 2.24) is 0 Å². The summed E-state index contributed by atoms with van der Waals surface area (Å²) in [6, 6.07) is 5.87. The van der Waals surface area contributed by atoms with Crippen molar-refractivity contribution < 1.29 is 22.5 Å². The van der Waals surface area contributed by atoms with E-state index in [1.807, 2.05) is 6.92 Å². The largest absolute Gasteiger partial charge is 0.448 e. The summed E-state index contributed by atoms with van der Waals surface area (Å²) in [5.41, 5.74) is 5.78. The number of hydrogen-bond donors (Lipinski definition) is 2. The molecule has 1 rings (SSSR count). The van der Waals surface area contributed by atoms with E-state index < -0.39 is 16.1 Å². The molecule has 1 aromatic carbocycles. The van der Waals surface area contributed by atoms with Crippen molar-refractivity contribution in [2.75, 3.05) is 12.6 Å². The highest BCUT2D eigenvalue weighted by atomic mass is 35.5. The monoisotopic (exact) mass is 295 g/mol. The van der Waals surface area contributed by atoms with Gasteiger partial charge in [-0.25, -0.2) is 0 Å². The molecule has 0 aromatic heterocycles. The third-order valence-electron chi connectivity index (χ3n) is 1.70. The normalized spacial score (nSPS) is 10.2. The van der Waals surface area contributed by atoms with Crippen LogP contribution in [0.3, 0.4) is 0 Å². The number of halogens is 1. The minimum absolute atomic E-state index is 0.0666. The van der Waals surface area contributed by atoms with E-state index in [9.17, 15) is 13.2 Å². The maximum atomic E-state index is 10.5. The molecule has 18 heavy (non-hydrogen) atoms. The van der Waals surface area contributed by atoms with Crippen LogP contribution in [0.4, 0.5) is 0 Å². The van der Waals surface area contributed by atoms with Crippen LogP contribution in [0.2, 0.25) is 0 Å². The maximum absolute atomic E-state index is 10.5. The summed E-state index contributed by atoms with van der Waals surface area (Å²) in [5.74, 6) is -0.477. The Bertz CT molecular complexity index is 472. The van der Waals surface area contributed by atoms with Crippen LogP contribution < -0.4 is 5.73 Å². The van der Waals surface area contributed by atoms with Gasteiger partial charge in [0.05, 0.1) is 11.4 Å². The van der Waals surface area contributed by atoms with E-state index in [4.69, 9.17) is 21.9 Å². The van der Waals surface area contributed by atoms with Gasteiger partial charge in [0.25, 0.3) is 10.1 Å². The molecule has 0 saturated carbocycles. The van der Waals surface area contributed by atoms with Gasteiger partial charge in [-0.05, 0) is 19.1 Å². The molecule has 8 heteroatoms. The van der Waals surface area contributed by atoms with Gasteiger partial charge in [-0.15, -0.1) is 0 Å². The third-order valence-corrected chi connectivity index (χ3v) is 2.68. The number of carbonyl (C=O) groups is 1. The summed E-state index contributed by atoms with van der Waals surface area (Å²) in [4.78, 5) is 9.91. The van der Waals surface area contributed by atoms with Crippen LogP contribution in [-0.4, -0.2) is 31.6 Å². The van der Waals surface area contributed by atoms with E-state index in [0.717, 1.165) is 5.56 Å². The second-order valence-electron chi connectivity index (χ2n) is 3.12. The van der Waals surface area contributed by atoms with Crippen molar-refractivity contribution in [3.63, 3.8) is 0 Å². The lowest BCUT2D eigenvalue weighted by molar-refractivity contribution is -0.139. The lowest BCUT2D eigenvalue weighted by Crippen LogP contribution is -2.15. The molecule has 6 nitrogen and oxygen atoms in total. The molecule has 0 unspecified atom stereocenters. The van der Waals surface area contributed by atoms with Crippen LogP contribution in [0.15, 0.2) is 29.2 Å². The first-order valence-corrected chi connectivity index (χ1v) is 6.74. The quantitative estimate of drug-likeness (QED) is 0.488. The number of ether oxygens (including phenoxy) is 1. The summed E-state index contributed by atoms with van der Waals surface area (Å²) in [6.45, 7) is 1.74. The molecule has 0 aliphatic rings. The Balaban J connectivity index is 0.000000360. The van der Waals surface area contributed by atoms with Gasteiger partial charge < -0.3 is 10.5 Å². The van der Waals surface area contributed by atoms with Crippen LogP contribution in [0, 0.1) is 6.92 Å². The van der Waals surface area contributed by atoms with Crippen molar-refractivity contribution in [2.45, 2.75) is 11.8 Å². The summed E-state index contributed by atoms with van der Waals surface area (Å²) in [5, 5.41) is 0. The Kier molecular flexibility index (Phi) is 7.53. The zero-order chi connectivity index (χ0) is 14.2. The predicted octanol–water partition coefficient (Wildman–Crippen LogP) is 0.926. The average Bonchev–Trinajstić information content (AvgIpc) is 2.29. The van der Waals surface area contributed by atoms with Crippen molar-refractivity contribution in [1.29, 1.82) is 0 Å². The molecule has 0 atom stereocenters. The van der Waals surface area contributed by atoms with Gasteiger partial charge in [0.1, 0.15) is 0 Å². The molecule has 0 fully saturated rings. The number of nitrogens with two attached hydrogens (primary N) is 1. The van der Waals surface area contributed by atoms with E-state index in [0.29, 0.717) is 0 Å². The number of aryl methyl sites for hydroxylation is 1. The number of alkyl halides is 1. The van der Waals surface area contributed by atoms with Gasteiger partial charge in [-0.2, -0.15) is 8.42 Å². The fourth-order valence-electron chi connectivity index (χ4n) is 0.830.